The van der Waals surface area contributed by atoms with Crippen LogP contribution in [-0.4, -0.2) is 31.1 Å². The number of allylic oxidation sites excluding steroid dienone is 4. The van der Waals surface area contributed by atoms with Crippen molar-refractivity contribution in [2.45, 2.75) is 39.0 Å². The average Bonchev–Trinajstić information content (AvgIpc) is 2.62. The zero-order valence-corrected chi connectivity index (χ0v) is 18.6. The molecule has 0 saturated carbocycles. The van der Waals surface area contributed by atoms with Crippen LogP contribution in [0.25, 0.3) is 0 Å². The molecule has 0 N–H and O–H groups in total. The van der Waals surface area contributed by atoms with Crippen LogP contribution in [0.15, 0.2) is 51.4 Å². The molecule has 1 aliphatic heterocycles. The molecule has 4 heteroatoms. The predicted octanol–water partition coefficient (Wildman–Crippen LogP) is 2.04. The first kappa shape index (κ1) is 20.3. The van der Waals surface area contributed by atoms with Crippen LogP contribution in [0, 0.1) is 6.08 Å². The fourth-order valence-corrected chi connectivity index (χ4v) is 4.50. The summed E-state index contributed by atoms with van der Waals surface area (Å²) in [6, 6.07) is 6.92. The standard InChI is InChI=1S/C21H27N2S.HI/c1-5-22(6-2)18-11-9-16-13-17-10-12-19(23(7-3)8-4)15-21(17)24-20(16)14-18;/h9,11-12,14-15H,5-8,13H2,1-4H3;1H/q+1;/p-1. The van der Waals surface area contributed by atoms with Gasteiger partial charge in [0, 0.05) is 49.3 Å². The Bertz CT molecular complexity index is 698. The largest absolute Gasteiger partial charge is 1.00 e. The SMILES string of the molecule is CCN(CC)C1=CC2=C([C+]=C1)Cc1ccc(N(CC)CC)cc1S2.[I-]. The molecule has 1 aromatic rings. The lowest BCUT2D eigenvalue weighted by atomic mass is 10.00. The van der Waals surface area contributed by atoms with Gasteiger partial charge in [-0.25, -0.2) is 0 Å². The number of anilines is 1. The summed E-state index contributed by atoms with van der Waals surface area (Å²) in [7, 11) is 0. The van der Waals surface area contributed by atoms with Gasteiger partial charge in [-0.05, 0) is 57.2 Å². The number of likely N-dealkylation sites (N-methyl/N-ethyl adjacent to an activating group) is 1. The van der Waals surface area contributed by atoms with Crippen LogP contribution >= 0.6 is 11.8 Å². The lowest BCUT2D eigenvalue weighted by Crippen LogP contribution is -3.00. The van der Waals surface area contributed by atoms with E-state index in [1.807, 2.05) is 11.8 Å². The van der Waals surface area contributed by atoms with Crippen molar-refractivity contribution >= 4 is 17.4 Å². The zero-order valence-electron chi connectivity index (χ0n) is 15.6. The van der Waals surface area contributed by atoms with E-state index in [0.717, 1.165) is 32.6 Å². The van der Waals surface area contributed by atoms with E-state index >= 15 is 0 Å². The molecule has 0 radical (unpaired) electrons. The van der Waals surface area contributed by atoms with Gasteiger partial charge in [-0.3, -0.25) is 0 Å². The average molecular weight is 466 g/mol. The van der Waals surface area contributed by atoms with Gasteiger partial charge in [0.2, 0.25) is 0 Å². The monoisotopic (exact) mass is 466 g/mol. The molecule has 0 spiro atoms. The molecule has 1 heterocycles. The number of halogens is 1. The number of hydrogen-bond acceptors (Lipinski definition) is 3. The topological polar surface area (TPSA) is 6.48 Å². The maximum absolute atomic E-state index is 3.53. The van der Waals surface area contributed by atoms with Crippen LogP contribution in [0.2, 0.25) is 0 Å². The van der Waals surface area contributed by atoms with Crippen molar-refractivity contribution in [3.8, 4) is 0 Å². The molecule has 0 saturated heterocycles. The van der Waals surface area contributed by atoms with E-state index in [1.54, 1.807) is 0 Å². The number of fused-ring (bicyclic) bond motifs is 1. The Hall–Kier alpha value is -0.970. The number of thioether (sulfide) groups is 1. The van der Waals surface area contributed by atoms with Gasteiger partial charge < -0.3 is 33.8 Å². The molecular formula is C21H27IN2S. The molecule has 0 aromatic heterocycles. The Morgan fingerprint density at radius 1 is 1.00 bits per heavy atom. The molecule has 0 amide bonds. The number of nitrogens with zero attached hydrogens (tertiary/aromatic N) is 2. The first-order valence-electron chi connectivity index (χ1n) is 9.05. The second-order valence-corrected chi connectivity index (χ2v) is 7.20. The van der Waals surface area contributed by atoms with E-state index in [0.29, 0.717) is 0 Å². The summed E-state index contributed by atoms with van der Waals surface area (Å²) in [5.74, 6) is 0. The summed E-state index contributed by atoms with van der Waals surface area (Å²) in [6.45, 7) is 13.0. The minimum Gasteiger partial charge on any atom is -1.00 e. The van der Waals surface area contributed by atoms with E-state index < -0.39 is 0 Å². The minimum absolute atomic E-state index is 0. The van der Waals surface area contributed by atoms with Crippen molar-refractivity contribution in [2.24, 2.45) is 0 Å². The Balaban J connectivity index is 0.00000225. The van der Waals surface area contributed by atoms with Crippen LogP contribution < -0.4 is 28.9 Å². The molecular weight excluding hydrogens is 439 g/mol. The van der Waals surface area contributed by atoms with Gasteiger partial charge in [0.25, 0.3) is 0 Å². The third-order valence-electron chi connectivity index (χ3n) is 4.87. The maximum Gasteiger partial charge on any atom is 0.150 e. The molecule has 134 valence electrons. The van der Waals surface area contributed by atoms with Crippen molar-refractivity contribution in [1.82, 2.24) is 4.90 Å². The summed E-state index contributed by atoms with van der Waals surface area (Å²) < 4.78 is 0. The molecule has 3 rings (SSSR count). The molecule has 2 nitrogen and oxygen atoms in total. The van der Waals surface area contributed by atoms with Gasteiger partial charge in [-0.1, -0.05) is 6.07 Å². The fourth-order valence-electron chi connectivity index (χ4n) is 3.37. The Morgan fingerprint density at radius 3 is 2.32 bits per heavy atom. The third kappa shape index (κ3) is 4.24. The van der Waals surface area contributed by atoms with Crippen LogP contribution in [0.5, 0.6) is 0 Å². The normalized spacial score (nSPS) is 14.8. The van der Waals surface area contributed by atoms with Crippen LogP contribution in [0.1, 0.15) is 33.3 Å². The lowest BCUT2D eigenvalue weighted by Gasteiger charge is -2.24. The molecule has 1 aromatic carbocycles. The number of benzene rings is 1. The Labute approximate surface area is 174 Å². The molecule has 2 aliphatic rings. The highest BCUT2D eigenvalue weighted by molar-refractivity contribution is 8.03. The molecule has 25 heavy (non-hydrogen) atoms. The Morgan fingerprint density at radius 2 is 1.68 bits per heavy atom. The lowest BCUT2D eigenvalue weighted by molar-refractivity contribution is -0.00000501. The number of rotatable bonds is 6. The maximum atomic E-state index is 3.53. The summed E-state index contributed by atoms with van der Waals surface area (Å²) in [6.07, 6.45) is 9.03. The summed E-state index contributed by atoms with van der Waals surface area (Å²) in [5.41, 5.74) is 5.38. The molecule has 0 fully saturated rings. The van der Waals surface area contributed by atoms with E-state index in [2.05, 4.69) is 73.9 Å². The van der Waals surface area contributed by atoms with Gasteiger partial charge >= 0.3 is 0 Å². The number of hydrogen-bond donors (Lipinski definition) is 0. The molecule has 0 bridgehead atoms. The van der Waals surface area contributed by atoms with Gasteiger partial charge in [0.1, 0.15) is 22.3 Å². The van der Waals surface area contributed by atoms with Crippen molar-refractivity contribution in [1.29, 1.82) is 0 Å². The van der Waals surface area contributed by atoms with Crippen molar-refractivity contribution < 1.29 is 24.0 Å². The minimum atomic E-state index is 0. The molecule has 0 atom stereocenters. The highest BCUT2D eigenvalue weighted by Gasteiger charge is 2.28. The second-order valence-electron chi connectivity index (χ2n) is 6.12. The summed E-state index contributed by atoms with van der Waals surface area (Å²) in [5, 5.41) is 0. The van der Waals surface area contributed by atoms with Gasteiger partial charge in [0.15, 0.2) is 0 Å². The first-order chi connectivity index (χ1) is 11.7. The summed E-state index contributed by atoms with van der Waals surface area (Å²) in [4.78, 5) is 7.56. The van der Waals surface area contributed by atoms with Crippen LogP contribution in [0.4, 0.5) is 5.69 Å². The van der Waals surface area contributed by atoms with E-state index in [9.17, 15) is 0 Å². The van der Waals surface area contributed by atoms with Crippen molar-refractivity contribution in [2.75, 3.05) is 31.1 Å². The van der Waals surface area contributed by atoms with Crippen LogP contribution in [-0.2, 0) is 6.42 Å². The third-order valence-corrected chi connectivity index (χ3v) is 6.05. The predicted molar refractivity (Wildman–Crippen MR) is 105 cm³/mol. The zero-order chi connectivity index (χ0) is 17.1. The Kier molecular flexibility index (Phi) is 7.41. The second kappa shape index (κ2) is 9.11. The van der Waals surface area contributed by atoms with Crippen molar-refractivity contribution in [3.63, 3.8) is 0 Å². The molecule has 0 unspecified atom stereocenters. The van der Waals surface area contributed by atoms with Crippen molar-refractivity contribution in [3.05, 3.63) is 58.2 Å². The fraction of sp³-hybridized carbons (Fsp3) is 0.429. The summed E-state index contributed by atoms with van der Waals surface area (Å²) >= 11 is 1.90. The van der Waals surface area contributed by atoms with Gasteiger partial charge in [0.05, 0.1) is 6.08 Å². The smallest absolute Gasteiger partial charge is 0.150 e. The quantitative estimate of drug-likeness (QED) is 0.468. The highest BCUT2D eigenvalue weighted by atomic mass is 127. The first-order valence-corrected chi connectivity index (χ1v) is 9.87. The van der Waals surface area contributed by atoms with Crippen LogP contribution in [0.3, 0.4) is 0 Å². The van der Waals surface area contributed by atoms with Gasteiger partial charge in [-0.15, -0.1) is 0 Å². The van der Waals surface area contributed by atoms with E-state index in [1.165, 1.54) is 32.3 Å². The van der Waals surface area contributed by atoms with Gasteiger partial charge in [-0.2, -0.15) is 0 Å². The molecule has 1 aliphatic carbocycles. The highest BCUT2D eigenvalue weighted by Crippen LogP contribution is 2.42. The van der Waals surface area contributed by atoms with E-state index in [-0.39, 0.29) is 24.0 Å². The van der Waals surface area contributed by atoms with E-state index in [4.69, 9.17) is 0 Å².